The molecule has 1 aliphatic rings. The maximum absolute atomic E-state index is 13.3. The van der Waals surface area contributed by atoms with E-state index in [1.54, 1.807) is 31.5 Å². The van der Waals surface area contributed by atoms with Crippen LogP contribution in [0.5, 0.6) is 0 Å². The van der Waals surface area contributed by atoms with E-state index >= 15 is 0 Å². The number of hydrogen-bond acceptors (Lipinski definition) is 3. The Kier molecular flexibility index (Phi) is 4.47. The molecule has 7 heteroatoms. The number of likely N-dealkylation sites (N-methyl/N-ethyl adjacent to an activating group) is 1. The number of aliphatic hydroxyl groups is 1. The zero-order chi connectivity index (χ0) is 20.1. The van der Waals surface area contributed by atoms with Crippen LogP contribution in [0, 0.1) is 0 Å². The molecule has 0 bridgehead atoms. The fourth-order valence-corrected chi connectivity index (χ4v) is 4.02. The quantitative estimate of drug-likeness (QED) is 0.738. The zero-order valence-electron chi connectivity index (χ0n) is 15.8. The zero-order valence-corrected chi connectivity index (χ0v) is 15.8. The largest absolute Gasteiger partial charge is 0.416 e. The van der Waals surface area contributed by atoms with Crippen LogP contribution in [0.2, 0.25) is 0 Å². The van der Waals surface area contributed by atoms with Crippen molar-refractivity contribution in [2.24, 2.45) is 0 Å². The Morgan fingerprint density at radius 1 is 1.18 bits per heavy atom. The van der Waals surface area contributed by atoms with Gasteiger partial charge in [0.05, 0.1) is 12.1 Å². The lowest BCUT2D eigenvalue weighted by molar-refractivity contribution is -0.137. The molecular weight excluding hydrogens is 367 g/mol. The Labute approximate surface area is 161 Å². The van der Waals surface area contributed by atoms with Crippen LogP contribution < -0.4 is 0 Å². The van der Waals surface area contributed by atoms with Crippen LogP contribution in [0.25, 0.3) is 10.9 Å². The molecule has 0 radical (unpaired) electrons. The van der Waals surface area contributed by atoms with Crippen LogP contribution in [-0.4, -0.2) is 33.1 Å². The smallest absolute Gasteiger partial charge is 0.384 e. The van der Waals surface area contributed by atoms with Gasteiger partial charge in [0.15, 0.2) is 0 Å². The number of alkyl halides is 3. The van der Waals surface area contributed by atoms with Gasteiger partial charge in [-0.1, -0.05) is 6.07 Å². The molecule has 2 aromatic heterocycles. The lowest BCUT2D eigenvalue weighted by Gasteiger charge is -2.28. The maximum Gasteiger partial charge on any atom is 0.416 e. The summed E-state index contributed by atoms with van der Waals surface area (Å²) in [4.78, 5) is 6.18. The van der Waals surface area contributed by atoms with Crippen LogP contribution in [-0.2, 0) is 31.3 Å². The second-order valence-corrected chi connectivity index (χ2v) is 7.74. The Morgan fingerprint density at radius 3 is 2.64 bits per heavy atom. The summed E-state index contributed by atoms with van der Waals surface area (Å²) >= 11 is 0. The van der Waals surface area contributed by atoms with E-state index in [1.165, 1.54) is 12.1 Å². The van der Waals surface area contributed by atoms with Crippen molar-refractivity contribution in [3.8, 4) is 0 Å². The average Bonchev–Trinajstić information content (AvgIpc) is 2.94. The Balaban J connectivity index is 1.86. The van der Waals surface area contributed by atoms with Gasteiger partial charge in [0.2, 0.25) is 0 Å². The third-order valence-electron chi connectivity index (χ3n) is 5.52. The van der Waals surface area contributed by atoms with Crippen molar-refractivity contribution in [3.63, 3.8) is 0 Å². The Morgan fingerprint density at radius 2 is 1.96 bits per heavy atom. The van der Waals surface area contributed by atoms with Crippen molar-refractivity contribution in [1.82, 2.24) is 14.5 Å². The molecule has 3 aromatic rings. The summed E-state index contributed by atoms with van der Waals surface area (Å²) in [7, 11) is 1.96. The Hall–Kier alpha value is -2.38. The highest BCUT2D eigenvalue weighted by Gasteiger charge is 2.33. The molecule has 4 nitrogen and oxygen atoms in total. The van der Waals surface area contributed by atoms with Gasteiger partial charge in [-0.2, -0.15) is 13.2 Å². The van der Waals surface area contributed by atoms with Gasteiger partial charge in [-0.3, -0.25) is 4.98 Å². The number of benzene rings is 1. The summed E-state index contributed by atoms with van der Waals surface area (Å²) in [6.45, 7) is 3.38. The molecule has 0 saturated carbocycles. The first kappa shape index (κ1) is 19.0. The second-order valence-electron chi connectivity index (χ2n) is 7.74. The predicted molar refractivity (Wildman–Crippen MR) is 101 cm³/mol. The summed E-state index contributed by atoms with van der Waals surface area (Å²) in [6, 6.07) is 7.45. The highest BCUT2D eigenvalue weighted by atomic mass is 19.4. The highest BCUT2D eigenvalue weighted by Crippen LogP contribution is 2.37. The van der Waals surface area contributed by atoms with Crippen molar-refractivity contribution in [2.45, 2.75) is 38.2 Å². The van der Waals surface area contributed by atoms with Crippen LogP contribution >= 0.6 is 0 Å². The van der Waals surface area contributed by atoms with E-state index in [0.29, 0.717) is 17.5 Å². The van der Waals surface area contributed by atoms with E-state index in [4.69, 9.17) is 0 Å². The van der Waals surface area contributed by atoms with Crippen molar-refractivity contribution >= 4 is 10.9 Å². The van der Waals surface area contributed by atoms with Gasteiger partial charge in [0.25, 0.3) is 0 Å². The predicted octanol–water partition coefficient (Wildman–Crippen LogP) is 3.95. The van der Waals surface area contributed by atoms with Gasteiger partial charge >= 0.3 is 6.18 Å². The summed E-state index contributed by atoms with van der Waals surface area (Å²) in [5, 5.41) is 11.7. The van der Waals surface area contributed by atoms with Crippen LogP contribution in [0.15, 0.2) is 42.7 Å². The molecule has 0 fully saturated rings. The van der Waals surface area contributed by atoms with E-state index < -0.39 is 17.3 Å². The minimum absolute atomic E-state index is 0.250. The molecule has 1 atom stereocenters. The molecule has 148 valence electrons. The number of rotatable bonds is 3. The van der Waals surface area contributed by atoms with Crippen LogP contribution in [0.4, 0.5) is 13.2 Å². The van der Waals surface area contributed by atoms with Crippen molar-refractivity contribution in [1.29, 1.82) is 0 Å². The fraction of sp³-hybridized carbons (Fsp3) is 0.381. The van der Waals surface area contributed by atoms with Gasteiger partial charge in [0, 0.05) is 54.1 Å². The minimum Gasteiger partial charge on any atom is -0.384 e. The van der Waals surface area contributed by atoms with Gasteiger partial charge < -0.3 is 14.6 Å². The number of hydrogen-bond donors (Lipinski definition) is 1. The van der Waals surface area contributed by atoms with Crippen molar-refractivity contribution < 1.29 is 18.3 Å². The number of fused-ring (bicyclic) bond motifs is 3. The number of nitrogens with zero attached hydrogens (tertiary/aromatic N) is 3. The topological polar surface area (TPSA) is 41.3 Å². The molecule has 1 aliphatic heterocycles. The Bertz CT molecular complexity index is 1010. The standard InChI is InChI=1S/C21H22F3N3O/c1-20(28,15-4-3-8-25-11-15)13-27-18-6-5-14(21(22,23)24)10-16(18)17-12-26(2)9-7-19(17)27/h3-6,8,10-11,28H,7,9,12-13H2,1-2H3. The van der Waals surface area contributed by atoms with E-state index in [9.17, 15) is 18.3 Å². The van der Waals surface area contributed by atoms with Gasteiger partial charge in [-0.15, -0.1) is 0 Å². The molecular formula is C21H22F3N3O. The summed E-state index contributed by atoms with van der Waals surface area (Å²) in [5.74, 6) is 0. The lowest BCUT2D eigenvalue weighted by atomic mass is 9.97. The molecule has 0 aliphatic carbocycles. The minimum atomic E-state index is -4.38. The first-order valence-electron chi connectivity index (χ1n) is 9.19. The van der Waals surface area contributed by atoms with Crippen LogP contribution in [0.1, 0.15) is 29.3 Å². The van der Waals surface area contributed by atoms with E-state index in [1.807, 2.05) is 11.6 Å². The first-order chi connectivity index (χ1) is 13.2. The van der Waals surface area contributed by atoms with E-state index in [-0.39, 0.29) is 6.54 Å². The maximum atomic E-state index is 13.3. The molecule has 3 heterocycles. The first-order valence-corrected chi connectivity index (χ1v) is 9.19. The second kappa shape index (κ2) is 6.60. The number of pyridine rings is 1. The average molecular weight is 389 g/mol. The third-order valence-corrected chi connectivity index (χ3v) is 5.52. The molecule has 0 spiro atoms. The lowest BCUT2D eigenvalue weighted by Crippen LogP contribution is -2.31. The van der Waals surface area contributed by atoms with Gasteiger partial charge in [0.1, 0.15) is 5.60 Å². The van der Waals surface area contributed by atoms with Crippen LogP contribution in [0.3, 0.4) is 0 Å². The SMILES string of the molecule is CN1CCc2c(c3cc(C(F)(F)F)ccc3n2CC(C)(O)c2cccnc2)C1. The van der Waals surface area contributed by atoms with Gasteiger partial charge in [-0.05, 0) is 43.8 Å². The summed E-state index contributed by atoms with van der Waals surface area (Å²) < 4.78 is 41.8. The van der Waals surface area contributed by atoms with E-state index in [2.05, 4.69) is 9.88 Å². The number of halogens is 3. The number of aromatic nitrogens is 2. The van der Waals surface area contributed by atoms with Gasteiger partial charge in [-0.25, -0.2) is 0 Å². The highest BCUT2D eigenvalue weighted by molar-refractivity contribution is 5.86. The summed E-state index contributed by atoms with van der Waals surface area (Å²) in [5.41, 5.74) is 1.46. The van der Waals surface area contributed by atoms with Crippen molar-refractivity contribution in [3.05, 3.63) is 65.1 Å². The fourth-order valence-electron chi connectivity index (χ4n) is 4.02. The molecule has 1 aromatic carbocycles. The summed E-state index contributed by atoms with van der Waals surface area (Å²) in [6.07, 6.45) is -0.398. The molecule has 1 N–H and O–H groups in total. The van der Waals surface area contributed by atoms with Crippen molar-refractivity contribution in [2.75, 3.05) is 13.6 Å². The third kappa shape index (κ3) is 3.29. The molecule has 4 rings (SSSR count). The molecule has 28 heavy (non-hydrogen) atoms. The normalized spacial score (nSPS) is 17.5. The molecule has 0 saturated heterocycles. The monoisotopic (exact) mass is 389 g/mol. The van der Waals surface area contributed by atoms with E-state index in [0.717, 1.165) is 35.8 Å². The molecule has 0 amide bonds. The molecule has 1 unspecified atom stereocenters.